The van der Waals surface area contributed by atoms with Crippen molar-refractivity contribution in [1.29, 1.82) is 0 Å². The summed E-state index contributed by atoms with van der Waals surface area (Å²) in [7, 11) is -4.92. The molecule has 0 atom stereocenters. The fourth-order valence-electron chi connectivity index (χ4n) is 7.02. The Balaban J connectivity index is 1.63. The highest BCUT2D eigenvalue weighted by Gasteiger charge is 2.26. The van der Waals surface area contributed by atoms with E-state index in [0.717, 1.165) is 11.1 Å². The molecule has 0 aliphatic heterocycles. The molecule has 0 saturated carbocycles. The third-order valence-electron chi connectivity index (χ3n) is 9.31. The fourth-order valence-corrected chi connectivity index (χ4v) is 7.38. The minimum Gasteiger partial charge on any atom is -0.508 e. The number of fused-ring (bicyclic) bond motifs is 5. The Kier molecular flexibility index (Phi) is 8.05. The van der Waals surface area contributed by atoms with Crippen LogP contribution in [0.5, 0.6) is 28.7 Å². The zero-order valence-electron chi connectivity index (χ0n) is 27.7. The summed E-state index contributed by atoms with van der Waals surface area (Å²) in [4.78, 5) is 15.6. The van der Waals surface area contributed by atoms with Crippen molar-refractivity contribution in [1.82, 2.24) is 9.55 Å². The first-order valence-corrected chi connectivity index (χ1v) is 17.8. The van der Waals surface area contributed by atoms with Crippen LogP contribution >= 0.6 is 0 Å². The van der Waals surface area contributed by atoms with Crippen LogP contribution in [-0.4, -0.2) is 48.7 Å². The van der Waals surface area contributed by atoms with E-state index >= 15 is 0 Å². The number of hydrogen-bond acceptors (Lipinski definition) is 8. The number of phenols is 4. The highest BCUT2D eigenvalue weighted by molar-refractivity contribution is 7.81. The molecule has 2 heterocycles. The molecule has 0 fully saturated rings. The lowest BCUT2D eigenvalue weighted by Crippen LogP contribution is -2.31. The van der Waals surface area contributed by atoms with Gasteiger partial charge in [-0.15, -0.1) is 0 Å². The molecular formula is C41H30N2O9S. The standard InChI is InChI=1S/C41H30N2O9S/c44-27-12-4-23(5-13-27)20-21-43-32(22-24-6-14-28(45)15-7-24)34(25-8-16-29(46)17-9-25)37-36-31-2-1-3-33(52-53(49,50)51)38(31)42-39(36)41(48)35(40(37)43)26-10-18-30(47)19-11-26/h1-19,22,42,44-45,47-48H,20-21H2,(H,49,50,51)/b32-22-. The number of para-hydroxylation sites is 1. The van der Waals surface area contributed by atoms with Gasteiger partial charge in [0.05, 0.1) is 27.5 Å². The molecule has 6 N–H and O–H groups in total. The number of H-pyrrole nitrogens is 1. The number of carbonyl (C=O) groups is 1. The van der Waals surface area contributed by atoms with Gasteiger partial charge in [0.15, 0.2) is 11.5 Å². The third kappa shape index (κ3) is 6.15. The number of allylic oxidation sites excluding steroid dienone is 4. The Morgan fingerprint density at radius 2 is 1.36 bits per heavy atom. The van der Waals surface area contributed by atoms with Crippen LogP contribution < -0.4 is 14.8 Å². The Morgan fingerprint density at radius 3 is 2.00 bits per heavy atom. The van der Waals surface area contributed by atoms with Crippen molar-refractivity contribution in [3.63, 3.8) is 0 Å². The topological polar surface area (TPSA) is 182 Å². The minimum atomic E-state index is -4.92. The molecule has 0 spiro atoms. The number of aromatic hydroxyl groups is 4. The van der Waals surface area contributed by atoms with E-state index in [-0.39, 0.29) is 45.6 Å². The van der Waals surface area contributed by atoms with Crippen molar-refractivity contribution in [2.24, 2.45) is 0 Å². The molecule has 0 saturated heterocycles. The predicted molar refractivity (Wildman–Crippen MR) is 202 cm³/mol. The van der Waals surface area contributed by atoms with Gasteiger partial charge in [0.1, 0.15) is 23.0 Å². The number of carbonyl (C=O) groups excluding carboxylic acids is 1. The molecule has 0 unspecified atom stereocenters. The molecule has 1 aliphatic carbocycles. The van der Waals surface area contributed by atoms with Gasteiger partial charge in [0, 0.05) is 27.9 Å². The molecule has 0 amide bonds. The Hall–Kier alpha value is -6.76. The van der Waals surface area contributed by atoms with Crippen molar-refractivity contribution in [2.45, 2.75) is 13.0 Å². The number of benzene rings is 5. The van der Waals surface area contributed by atoms with Crippen LogP contribution in [0.3, 0.4) is 0 Å². The van der Waals surface area contributed by atoms with Crippen LogP contribution in [0.25, 0.3) is 55.5 Å². The SMILES string of the molecule is O=C1C=CC(=c2/c(=C/c3ccc(O)cc3)n(CCc3ccc(O)cc3)c3c(-c4ccc(O)cc4)c(O)c4[nH]c5c(OS(=O)(=O)O)cccc5c4c23)C=C1. The molecule has 8 rings (SSSR count). The quantitative estimate of drug-likeness (QED) is 0.110. The maximum absolute atomic E-state index is 12.4. The zero-order valence-corrected chi connectivity index (χ0v) is 28.5. The highest BCUT2D eigenvalue weighted by atomic mass is 32.3. The molecule has 0 bridgehead atoms. The van der Waals surface area contributed by atoms with Gasteiger partial charge in [-0.1, -0.05) is 60.7 Å². The summed E-state index contributed by atoms with van der Waals surface area (Å²) in [6.07, 6.45) is 8.80. The van der Waals surface area contributed by atoms with E-state index in [0.29, 0.717) is 61.9 Å². The normalized spacial score (nSPS) is 13.6. The fraction of sp³-hybridized carbons (Fsp3) is 0.0488. The Bertz CT molecular complexity index is 2900. The van der Waals surface area contributed by atoms with E-state index in [2.05, 4.69) is 9.55 Å². The van der Waals surface area contributed by atoms with Crippen LogP contribution in [0.4, 0.5) is 0 Å². The maximum Gasteiger partial charge on any atom is 0.446 e. The Morgan fingerprint density at radius 1 is 0.736 bits per heavy atom. The number of nitrogens with one attached hydrogen (secondary N) is 1. The van der Waals surface area contributed by atoms with Crippen molar-refractivity contribution in [3.05, 3.63) is 137 Å². The van der Waals surface area contributed by atoms with Gasteiger partial charge < -0.3 is 34.2 Å². The summed E-state index contributed by atoms with van der Waals surface area (Å²) in [6.45, 7) is 0.361. The Labute approximate surface area is 301 Å². The van der Waals surface area contributed by atoms with Crippen molar-refractivity contribution in [2.75, 3.05) is 0 Å². The maximum atomic E-state index is 12.4. The van der Waals surface area contributed by atoms with Gasteiger partial charge in [0.2, 0.25) is 0 Å². The molecule has 264 valence electrons. The largest absolute Gasteiger partial charge is 0.508 e. The monoisotopic (exact) mass is 726 g/mol. The zero-order chi connectivity index (χ0) is 37.0. The highest BCUT2D eigenvalue weighted by Crippen LogP contribution is 2.46. The first-order valence-electron chi connectivity index (χ1n) is 16.5. The number of ketones is 1. The summed E-state index contributed by atoms with van der Waals surface area (Å²) >= 11 is 0. The number of phenolic OH excluding ortho intramolecular Hbond substituents is 4. The smallest absolute Gasteiger partial charge is 0.446 e. The van der Waals surface area contributed by atoms with Crippen LogP contribution in [0.15, 0.2) is 115 Å². The molecule has 5 aromatic carbocycles. The first-order chi connectivity index (χ1) is 25.4. The van der Waals surface area contributed by atoms with E-state index in [1.165, 1.54) is 30.4 Å². The number of aromatic nitrogens is 2. The molecule has 0 radical (unpaired) electrons. The lowest BCUT2D eigenvalue weighted by atomic mass is 9.95. The predicted octanol–water partition coefficient (Wildman–Crippen LogP) is 5.86. The molecule has 1 aliphatic rings. The second kappa shape index (κ2) is 12.8. The van der Waals surface area contributed by atoms with Crippen LogP contribution in [0.2, 0.25) is 0 Å². The molecule has 53 heavy (non-hydrogen) atoms. The molecular weight excluding hydrogens is 697 g/mol. The number of aryl methyl sites for hydroxylation is 2. The van der Waals surface area contributed by atoms with Gasteiger partial charge in [-0.05, 0) is 89.4 Å². The van der Waals surface area contributed by atoms with Crippen molar-refractivity contribution < 1.29 is 42.4 Å². The van der Waals surface area contributed by atoms with Gasteiger partial charge >= 0.3 is 10.4 Å². The summed E-state index contributed by atoms with van der Waals surface area (Å²) in [6, 6.07) is 24.6. The second-order valence-electron chi connectivity index (χ2n) is 12.6. The molecule has 11 nitrogen and oxygen atoms in total. The van der Waals surface area contributed by atoms with Gasteiger partial charge in [-0.2, -0.15) is 8.42 Å². The van der Waals surface area contributed by atoms with Crippen molar-refractivity contribution in [3.8, 4) is 39.9 Å². The van der Waals surface area contributed by atoms with Gasteiger partial charge in [-0.25, -0.2) is 0 Å². The summed E-state index contributed by atoms with van der Waals surface area (Å²) in [5, 5.41) is 45.7. The van der Waals surface area contributed by atoms with E-state index in [4.69, 9.17) is 4.18 Å². The van der Waals surface area contributed by atoms with Crippen LogP contribution in [-0.2, 0) is 28.2 Å². The summed E-state index contributed by atoms with van der Waals surface area (Å²) < 4.78 is 40.5. The number of hydrogen-bond donors (Lipinski definition) is 6. The summed E-state index contributed by atoms with van der Waals surface area (Å²) in [5.41, 5.74) is 4.33. The molecule has 2 aromatic heterocycles. The average molecular weight is 727 g/mol. The molecule has 7 aromatic rings. The second-order valence-corrected chi connectivity index (χ2v) is 13.7. The van der Waals surface area contributed by atoms with E-state index in [9.17, 15) is 38.2 Å². The first kappa shape index (κ1) is 33.4. The van der Waals surface area contributed by atoms with Crippen molar-refractivity contribution >= 4 is 60.5 Å². The number of aromatic amines is 1. The van der Waals surface area contributed by atoms with Gasteiger partial charge in [-0.3, -0.25) is 9.35 Å². The minimum absolute atomic E-state index is 0.0191. The van der Waals surface area contributed by atoms with Gasteiger partial charge in [0.25, 0.3) is 0 Å². The van der Waals surface area contributed by atoms with Crippen LogP contribution in [0, 0.1) is 0 Å². The summed E-state index contributed by atoms with van der Waals surface area (Å²) in [5.74, 6) is -0.326. The average Bonchev–Trinajstić information content (AvgIpc) is 3.66. The van der Waals surface area contributed by atoms with E-state index < -0.39 is 10.4 Å². The van der Waals surface area contributed by atoms with E-state index in [1.807, 2.05) is 18.2 Å². The third-order valence-corrected chi connectivity index (χ3v) is 9.70. The molecule has 12 heteroatoms. The number of rotatable bonds is 7. The lowest BCUT2D eigenvalue weighted by molar-refractivity contribution is -0.110. The van der Waals surface area contributed by atoms with E-state index in [1.54, 1.807) is 72.8 Å². The lowest BCUT2D eigenvalue weighted by Gasteiger charge is -2.14. The van der Waals surface area contributed by atoms with Crippen LogP contribution in [0.1, 0.15) is 11.1 Å². The number of nitrogens with zero attached hydrogens (tertiary/aromatic N) is 1.